The van der Waals surface area contributed by atoms with E-state index in [1.54, 1.807) is 6.07 Å². The van der Waals surface area contributed by atoms with Crippen molar-refractivity contribution < 1.29 is 4.79 Å². The first-order chi connectivity index (χ1) is 10.1. The number of aryl methyl sites for hydroxylation is 2. The lowest BCUT2D eigenvalue weighted by Gasteiger charge is -2.10. The zero-order valence-corrected chi connectivity index (χ0v) is 12.2. The van der Waals surface area contributed by atoms with Gasteiger partial charge in [-0.15, -0.1) is 0 Å². The lowest BCUT2D eigenvalue weighted by Crippen LogP contribution is -2.06. The lowest BCUT2D eigenvalue weighted by molar-refractivity contribution is 0.104. The van der Waals surface area contributed by atoms with E-state index in [2.05, 4.69) is 0 Å². The van der Waals surface area contributed by atoms with Gasteiger partial charge in [-0.3, -0.25) is 4.79 Å². The highest BCUT2D eigenvalue weighted by Crippen LogP contribution is 2.25. The number of carbonyl (C=O) groups is 1. The molecule has 3 aromatic rings. The third kappa shape index (κ3) is 2.29. The van der Waals surface area contributed by atoms with Gasteiger partial charge in [-0.1, -0.05) is 48.5 Å². The normalized spacial score (nSPS) is 10.8. The Labute approximate surface area is 124 Å². The summed E-state index contributed by atoms with van der Waals surface area (Å²) >= 11 is 0. The molecule has 3 rings (SSSR count). The molecule has 0 heterocycles. The molecule has 0 aromatic heterocycles. The van der Waals surface area contributed by atoms with Crippen molar-refractivity contribution in [1.82, 2.24) is 0 Å². The van der Waals surface area contributed by atoms with Crippen molar-refractivity contribution in [2.45, 2.75) is 13.8 Å². The van der Waals surface area contributed by atoms with Crippen LogP contribution in [0.1, 0.15) is 27.0 Å². The Bertz CT molecular complexity index is 849. The van der Waals surface area contributed by atoms with Crippen LogP contribution in [0.4, 0.5) is 5.69 Å². The molecule has 0 bridgehead atoms. The molecule has 0 saturated heterocycles. The molecule has 3 aromatic carbocycles. The van der Waals surface area contributed by atoms with Crippen molar-refractivity contribution in [3.8, 4) is 0 Å². The average molecular weight is 275 g/mol. The van der Waals surface area contributed by atoms with E-state index in [-0.39, 0.29) is 5.78 Å². The van der Waals surface area contributed by atoms with Crippen LogP contribution in [0.15, 0.2) is 54.6 Å². The number of rotatable bonds is 2. The quantitative estimate of drug-likeness (QED) is 0.560. The number of hydrogen-bond donors (Lipinski definition) is 1. The number of hydrogen-bond acceptors (Lipinski definition) is 2. The predicted molar refractivity (Wildman–Crippen MR) is 87.7 cm³/mol. The first-order valence-corrected chi connectivity index (χ1v) is 6.97. The molecule has 104 valence electrons. The topological polar surface area (TPSA) is 43.1 Å². The Morgan fingerprint density at radius 2 is 1.62 bits per heavy atom. The smallest absolute Gasteiger partial charge is 0.193 e. The molecule has 0 aliphatic heterocycles. The van der Waals surface area contributed by atoms with E-state index in [1.807, 2.05) is 62.4 Å². The minimum atomic E-state index is 0.0241. The molecule has 0 fully saturated rings. The van der Waals surface area contributed by atoms with Gasteiger partial charge >= 0.3 is 0 Å². The number of anilines is 1. The fourth-order valence-electron chi connectivity index (χ4n) is 2.61. The van der Waals surface area contributed by atoms with Gasteiger partial charge in [-0.2, -0.15) is 0 Å². The van der Waals surface area contributed by atoms with Crippen molar-refractivity contribution >= 4 is 22.2 Å². The van der Waals surface area contributed by atoms with E-state index >= 15 is 0 Å². The van der Waals surface area contributed by atoms with E-state index in [0.29, 0.717) is 11.3 Å². The summed E-state index contributed by atoms with van der Waals surface area (Å²) in [6, 6.07) is 17.5. The average Bonchev–Trinajstić information content (AvgIpc) is 2.49. The summed E-state index contributed by atoms with van der Waals surface area (Å²) in [5, 5.41) is 2.06. The summed E-state index contributed by atoms with van der Waals surface area (Å²) in [5.41, 5.74) is 9.96. The number of carbonyl (C=O) groups excluding carboxylic acids is 1. The molecule has 0 unspecified atom stereocenters. The number of nitrogen functional groups attached to an aromatic ring is 1. The number of benzene rings is 3. The summed E-state index contributed by atoms with van der Waals surface area (Å²) in [6.07, 6.45) is 0. The van der Waals surface area contributed by atoms with Crippen LogP contribution in [0, 0.1) is 13.8 Å². The Kier molecular flexibility index (Phi) is 3.22. The van der Waals surface area contributed by atoms with Gasteiger partial charge in [0.2, 0.25) is 0 Å². The van der Waals surface area contributed by atoms with Crippen molar-refractivity contribution in [2.24, 2.45) is 0 Å². The van der Waals surface area contributed by atoms with Crippen LogP contribution in [0.5, 0.6) is 0 Å². The van der Waals surface area contributed by atoms with Crippen molar-refractivity contribution in [3.05, 3.63) is 76.9 Å². The maximum atomic E-state index is 12.9. The molecule has 0 aliphatic rings. The molecule has 0 spiro atoms. The summed E-state index contributed by atoms with van der Waals surface area (Å²) in [5.74, 6) is 0.0241. The van der Waals surface area contributed by atoms with E-state index in [9.17, 15) is 4.79 Å². The molecular formula is C19H17NO. The van der Waals surface area contributed by atoms with Gasteiger partial charge < -0.3 is 5.73 Å². The summed E-state index contributed by atoms with van der Waals surface area (Å²) < 4.78 is 0. The van der Waals surface area contributed by atoms with Gasteiger partial charge in [-0.25, -0.2) is 0 Å². The van der Waals surface area contributed by atoms with Crippen molar-refractivity contribution in [3.63, 3.8) is 0 Å². The number of fused-ring (bicyclic) bond motifs is 1. The van der Waals surface area contributed by atoms with E-state index < -0.39 is 0 Å². The van der Waals surface area contributed by atoms with Crippen LogP contribution in [-0.4, -0.2) is 5.78 Å². The molecule has 0 saturated carbocycles. The Balaban J connectivity index is 2.21. The zero-order valence-electron chi connectivity index (χ0n) is 12.2. The van der Waals surface area contributed by atoms with Gasteiger partial charge in [0.1, 0.15) is 0 Å². The highest BCUT2D eigenvalue weighted by molar-refractivity contribution is 6.17. The highest BCUT2D eigenvalue weighted by Gasteiger charge is 2.15. The van der Waals surface area contributed by atoms with E-state index in [0.717, 1.165) is 27.5 Å². The molecule has 2 nitrogen and oxygen atoms in total. The highest BCUT2D eigenvalue weighted by atomic mass is 16.1. The fourth-order valence-corrected chi connectivity index (χ4v) is 2.61. The Hall–Kier alpha value is -2.61. The first-order valence-electron chi connectivity index (χ1n) is 6.97. The second-order valence-corrected chi connectivity index (χ2v) is 5.38. The maximum absolute atomic E-state index is 12.9. The van der Waals surface area contributed by atoms with Crippen LogP contribution in [-0.2, 0) is 0 Å². The first kappa shape index (κ1) is 13.4. The minimum absolute atomic E-state index is 0.0241. The predicted octanol–water partition coefficient (Wildman–Crippen LogP) is 4.27. The Morgan fingerprint density at radius 3 is 2.38 bits per heavy atom. The monoisotopic (exact) mass is 275 g/mol. The second kappa shape index (κ2) is 5.06. The van der Waals surface area contributed by atoms with Crippen LogP contribution < -0.4 is 5.73 Å². The largest absolute Gasteiger partial charge is 0.398 e. The molecule has 2 heteroatoms. The molecule has 2 N–H and O–H groups in total. The second-order valence-electron chi connectivity index (χ2n) is 5.38. The van der Waals surface area contributed by atoms with Crippen molar-refractivity contribution in [1.29, 1.82) is 0 Å². The third-order valence-electron chi connectivity index (χ3n) is 3.91. The molecule has 0 radical (unpaired) electrons. The van der Waals surface area contributed by atoms with Gasteiger partial charge in [0.05, 0.1) is 0 Å². The van der Waals surface area contributed by atoms with Gasteiger partial charge in [0.25, 0.3) is 0 Å². The van der Waals surface area contributed by atoms with E-state index in [1.165, 1.54) is 0 Å². The molecule has 21 heavy (non-hydrogen) atoms. The maximum Gasteiger partial charge on any atom is 0.193 e. The standard InChI is InChI=1S/C19H17NO/c1-12-7-10-15(11-17(12)20)19(21)18-13(2)8-9-14-5-3-4-6-16(14)18/h3-11H,20H2,1-2H3. The van der Waals surface area contributed by atoms with Gasteiger partial charge in [0.15, 0.2) is 5.78 Å². The van der Waals surface area contributed by atoms with Crippen molar-refractivity contribution in [2.75, 3.05) is 5.73 Å². The van der Waals surface area contributed by atoms with Crippen LogP contribution >= 0.6 is 0 Å². The fraction of sp³-hybridized carbons (Fsp3) is 0.105. The number of ketones is 1. The third-order valence-corrected chi connectivity index (χ3v) is 3.91. The summed E-state index contributed by atoms with van der Waals surface area (Å²) in [4.78, 5) is 12.9. The molecule has 0 atom stereocenters. The molecule has 0 amide bonds. The molecule has 0 aliphatic carbocycles. The SMILES string of the molecule is Cc1ccc(C(=O)c2c(C)ccc3ccccc23)cc1N. The van der Waals surface area contributed by atoms with Crippen LogP contribution in [0.25, 0.3) is 10.8 Å². The zero-order chi connectivity index (χ0) is 15.0. The summed E-state index contributed by atoms with van der Waals surface area (Å²) in [6.45, 7) is 3.91. The number of nitrogens with two attached hydrogens (primary N) is 1. The lowest BCUT2D eigenvalue weighted by atomic mass is 9.93. The van der Waals surface area contributed by atoms with Gasteiger partial charge in [0, 0.05) is 16.8 Å². The van der Waals surface area contributed by atoms with Crippen LogP contribution in [0.3, 0.4) is 0 Å². The Morgan fingerprint density at radius 1 is 0.905 bits per heavy atom. The van der Waals surface area contributed by atoms with Crippen LogP contribution in [0.2, 0.25) is 0 Å². The van der Waals surface area contributed by atoms with Gasteiger partial charge in [-0.05, 0) is 41.8 Å². The van der Waals surface area contributed by atoms with E-state index in [4.69, 9.17) is 5.73 Å². The summed E-state index contributed by atoms with van der Waals surface area (Å²) in [7, 11) is 0. The minimum Gasteiger partial charge on any atom is -0.398 e. The molecular weight excluding hydrogens is 258 g/mol.